The Morgan fingerprint density at radius 3 is 2.70 bits per heavy atom. The SMILES string of the molecule is Cc1sc2nc(C(C)Sc3nnc(-c4ccc(F)cc4)o3)[nH]c(=O)c2c1C. The predicted molar refractivity (Wildman–Crippen MR) is 104 cm³/mol. The third kappa shape index (κ3) is 3.40. The molecule has 1 aromatic carbocycles. The molecule has 0 aliphatic carbocycles. The number of thioether (sulfide) groups is 1. The molecule has 27 heavy (non-hydrogen) atoms. The molecule has 0 aliphatic rings. The number of nitrogens with one attached hydrogen (secondary N) is 1. The summed E-state index contributed by atoms with van der Waals surface area (Å²) in [6, 6.07) is 5.83. The quantitative estimate of drug-likeness (QED) is 0.501. The summed E-state index contributed by atoms with van der Waals surface area (Å²) in [4.78, 5) is 21.7. The van der Waals surface area contributed by atoms with Gasteiger partial charge >= 0.3 is 0 Å². The summed E-state index contributed by atoms with van der Waals surface area (Å²) in [5.74, 6) is 0.539. The van der Waals surface area contributed by atoms with Crippen molar-refractivity contribution in [3.8, 4) is 11.5 Å². The van der Waals surface area contributed by atoms with E-state index in [4.69, 9.17) is 4.42 Å². The van der Waals surface area contributed by atoms with E-state index in [1.807, 2.05) is 20.8 Å². The number of aromatic amines is 1. The normalized spacial score (nSPS) is 12.6. The van der Waals surface area contributed by atoms with E-state index in [0.717, 1.165) is 15.3 Å². The Hall–Kier alpha value is -2.52. The first-order valence-electron chi connectivity index (χ1n) is 8.18. The Kier molecular flexibility index (Phi) is 4.56. The van der Waals surface area contributed by atoms with Gasteiger partial charge < -0.3 is 9.40 Å². The van der Waals surface area contributed by atoms with Crippen LogP contribution >= 0.6 is 23.1 Å². The Morgan fingerprint density at radius 1 is 1.22 bits per heavy atom. The van der Waals surface area contributed by atoms with Gasteiger partial charge in [-0.05, 0) is 50.6 Å². The van der Waals surface area contributed by atoms with Gasteiger partial charge in [0, 0.05) is 10.4 Å². The summed E-state index contributed by atoms with van der Waals surface area (Å²) >= 11 is 2.81. The van der Waals surface area contributed by atoms with Crippen LogP contribution in [-0.4, -0.2) is 20.2 Å². The largest absolute Gasteiger partial charge is 0.411 e. The second-order valence-corrected chi connectivity index (χ2v) is 8.55. The van der Waals surface area contributed by atoms with E-state index in [2.05, 4.69) is 20.2 Å². The number of hydrogen-bond acceptors (Lipinski definition) is 7. The maximum absolute atomic E-state index is 13.0. The molecule has 9 heteroatoms. The van der Waals surface area contributed by atoms with E-state index in [0.29, 0.717) is 27.9 Å². The fraction of sp³-hybridized carbons (Fsp3) is 0.222. The fourth-order valence-electron chi connectivity index (χ4n) is 2.64. The number of aryl methyl sites for hydroxylation is 2. The van der Waals surface area contributed by atoms with Gasteiger partial charge in [0.2, 0.25) is 5.89 Å². The molecule has 0 bridgehead atoms. The number of aromatic nitrogens is 4. The molecule has 1 N–H and O–H groups in total. The summed E-state index contributed by atoms with van der Waals surface area (Å²) in [7, 11) is 0. The molecule has 0 fully saturated rings. The van der Waals surface area contributed by atoms with Crippen molar-refractivity contribution >= 4 is 33.3 Å². The molecule has 1 atom stereocenters. The number of benzene rings is 1. The molecule has 138 valence electrons. The standard InChI is InChI=1S/C18H15FN4O2S2/c1-8-9(2)26-17-13(8)15(24)20-14(21-17)10(3)27-18-23-22-16(25-18)11-4-6-12(19)7-5-11/h4-7,10H,1-3H3,(H,20,21,24). The summed E-state index contributed by atoms with van der Waals surface area (Å²) < 4.78 is 18.7. The molecule has 0 radical (unpaired) electrons. The van der Waals surface area contributed by atoms with Crippen molar-refractivity contribution in [3.05, 3.63) is 56.7 Å². The monoisotopic (exact) mass is 402 g/mol. The predicted octanol–water partition coefficient (Wildman–Crippen LogP) is 4.64. The highest BCUT2D eigenvalue weighted by Gasteiger charge is 2.19. The lowest BCUT2D eigenvalue weighted by Gasteiger charge is -2.07. The lowest BCUT2D eigenvalue weighted by Crippen LogP contribution is -2.12. The van der Waals surface area contributed by atoms with Gasteiger partial charge in [-0.25, -0.2) is 9.37 Å². The average molecular weight is 402 g/mol. The van der Waals surface area contributed by atoms with Gasteiger partial charge in [0.15, 0.2) is 0 Å². The molecule has 4 rings (SSSR count). The van der Waals surface area contributed by atoms with Crippen molar-refractivity contribution in [1.82, 2.24) is 20.2 Å². The van der Waals surface area contributed by atoms with Crippen LogP contribution in [0.2, 0.25) is 0 Å². The lowest BCUT2D eigenvalue weighted by molar-refractivity contribution is 0.464. The first-order valence-corrected chi connectivity index (χ1v) is 9.88. The van der Waals surface area contributed by atoms with E-state index < -0.39 is 0 Å². The third-order valence-corrected chi connectivity index (χ3v) is 6.26. The van der Waals surface area contributed by atoms with Gasteiger partial charge in [-0.15, -0.1) is 21.5 Å². The maximum atomic E-state index is 13.0. The van der Waals surface area contributed by atoms with Crippen LogP contribution in [0, 0.1) is 19.7 Å². The third-order valence-electron chi connectivity index (χ3n) is 4.22. The highest BCUT2D eigenvalue weighted by molar-refractivity contribution is 7.99. The van der Waals surface area contributed by atoms with Crippen molar-refractivity contribution < 1.29 is 8.81 Å². The molecule has 6 nitrogen and oxygen atoms in total. The molecular formula is C18H15FN4O2S2. The van der Waals surface area contributed by atoms with Crippen LogP contribution in [0.4, 0.5) is 4.39 Å². The molecule has 1 unspecified atom stereocenters. The van der Waals surface area contributed by atoms with Crippen LogP contribution in [0.25, 0.3) is 21.7 Å². The van der Waals surface area contributed by atoms with Gasteiger partial charge in [0.25, 0.3) is 10.8 Å². The van der Waals surface area contributed by atoms with Crippen molar-refractivity contribution in [2.75, 3.05) is 0 Å². The Morgan fingerprint density at radius 2 is 1.96 bits per heavy atom. The molecule has 4 aromatic rings. The highest BCUT2D eigenvalue weighted by atomic mass is 32.2. The van der Waals surface area contributed by atoms with Crippen molar-refractivity contribution in [2.24, 2.45) is 0 Å². The summed E-state index contributed by atoms with van der Waals surface area (Å²) in [6.45, 7) is 5.82. The zero-order valence-corrected chi connectivity index (χ0v) is 16.4. The minimum absolute atomic E-state index is 0.137. The molecule has 3 aromatic heterocycles. The van der Waals surface area contributed by atoms with Crippen molar-refractivity contribution in [3.63, 3.8) is 0 Å². The number of fused-ring (bicyclic) bond motifs is 1. The van der Waals surface area contributed by atoms with Gasteiger partial charge in [0.1, 0.15) is 16.5 Å². The first kappa shape index (κ1) is 17.9. The molecule has 0 saturated heterocycles. The molecule has 0 aliphatic heterocycles. The average Bonchev–Trinajstić information content (AvgIpc) is 3.20. The van der Waals surface area contributed by atoms with E-state index in [1.54, 1.807) is 12.1 Å². The molecular weight excluding hydrogens is 387 g/mol. The second-order valence-electron chi connectivity index (χ2n) is 6.05. The number of thiophene rings is 1. The smallest absolute Gasteiger partial charge is 0.277 e. The van der Waals surface area contributed by atoms with Gasteiger partial charge in [-0.2, -0.15) is 0 Å². The minimum atomic E-state index is -0.328. The number of H-pyrrole nitrogens is 1. The van der Waals surface area contributed by atoms with E-state index >= 15 is 0 Å². The highest BCUT2D eigenvalue weighted by Crippen LogP contribution is 2.34. The first-order chi connectivity index (χ1) is 12.9. The maximum Gasteiger partial charge on any atom is 0.277 e. The van der Waals surface area contributed by atoms with Gasteiger partial charge in [-0.3, -0.25) is 4.79 Å². The van der Waals surface area contributed by atoms with Crippen LogP contribution in [0.5, 0.6) is 0 Å². The van der Waals surface area contributed by atoms with Crippen LogP contribution in [0.3, 0.4) is 0 Å². The van der Waals surface area contributed by atoms with E-state index in [1.165, 1.54) is 35.2 Å². The molecule has 0 spiro atoms. The number of nitrogens with zero attached hydrogens (tertiary/aromatic N) is 3. The molecule has 3 heterocycles. The van der Waals surface area contributed by atoms with E-state index in [9.17, 15) is 9.18 Å². The van der Waals surface area contributed by atoms with Crippen molar-refractivity contribution in [1.29, 1.82) is 0 Å². The Bertz CT molecular complexity index is 1180. The van der Waals surface area contributed by atoms with Crippen LogP contribution in [0.1, 0.15) is 28.4 Å². The Balaban J connectivity index is 1.59. The molecule has 0 saturated carbocycles. The van der Waals surface area contributed by atoms with Crippen molar-refractivity contribution in [2.45, 2.75) is 31.2 Å². The number of halogens is 1. The summed E-state index contributed by atoms with van der Waals surface area (Å²) in [6.07, 6.45) is 0. The lowest BCUT2D eigenvalue weighted by atomic mass is 10.2. The fourth-order valence-corrected chi connectivity index (χ4v) is 4.42. The number of rotatable bonds is 4. The summed E-state index contributed by atoms with van der Waals surface area (Å²) in [5.41, 5.74) is 1.47. The second kappa shape index (κ2) is 6.90. The molecule has 0 amide bonds. The summed E-state index contributed by atoms with van der Waals surface area (Å²) in [5, 5.41) is 8.82. The van der Waals surface area contributed by atoms with Crippen LogP contribution < -0.4 is 5.56 Å². The topological polar surface area (TPSA) is 84.7 Å². The minimum Gasteiger partial charge on any atom is -0.411 e. The zero-order chi connectivity index (χ0) is 19.1. The number of hydrogen-bond donors (Lipinski definition) is 1. The van der Waals surface area contributed by atoms with E-state index in [-0.39, 0.29) is 16.6 Å². The van der Waals surface area contributed by atoms with Crippen LogP contribution in [-0.2, 0) is 0 Å². The van der Waals surface area contributed by atoms with Gasteiger partial charge in [0.05, 0.1) is 10.6 Å². The van der Waals surface area contributed by atoms with Gasteiger partial charge in [-0.1, -0.05) is 11.8 Å². The zero-order valence-electron chi connectivity index (χ0n) is 14.7. The Labute approximate surface area is 161 Å². The van der Waals surface area contributed by atoms with Crippen LogP contribution in [0.15, 0.2) is 38.7 Å².